The van der Waals surface area contributed by atoms with Crippen molar-refractivity contribution in [2.24, 2.45) is 0 Å². The second kappa shape index (κ2) is 10.3. The Hall–Kier alpha value is -1.33. The molecule has 0 atom stereocenters. The van der Waals surface area contributed by atoms with E-state index in [1.165, 1.54) is 74.3 Å². The molecule has 1 heterocycles. The van der Waals surface area contributed by atoms with Crippen LogP contribution in [0.3, 0.4) is 0 Å². The summed E-state index contributed by atoms with van der Waals surface area (Å²) < 4.78 is 6.23. The summed E-state index contributed by atoms with van der Waals surface area (Å²) >= 11 is 0. The predicted octanol–water partition coefficient (Wildman–Crippen LogP) is 6.99. The molecule has 0 bridgehead atoms. The van der Waals surface area contributed by atoms with Crippen LogP contribution < -0.4 is 4.74 Å². The Balaban J connectivity index is 1.62. The van der Waals surface area contributed by atoms with Crippen molar-refractivity contribution in [3.05, 3.63) is 65.2 Å². The first-order valence-corrected chi connectivity index (χ1v) is 13.7. The first kappa shape index (κ1) is 20.4. The van der Waals surface area contributed by atoms with Gasteiger partial charge in [-0.05, 0) is 0 Å². The van der Waals surface area contributed by atoms with Crippen LogP contribution >= 0.6 is 7.26 Å². The zero-order valence-corrected chi connectivity index (χ0v) is 18.3. The monoisotopic (exact) mass is 384 g/mol. The molecule has 148 valence electrons. The van der Waals surface area contributed by atoms with Crippen LogP contribution in [0.1, 0.15) is 55.2 Å². The fraction of sp³-hybridized carbons (Fsp3) is 0.520. The van der Waals surface area contributed by atoms with Crippen LogP contribution in [0.2, 0.25) is 0 Å². The van der Waals surface area contributed by atoms with Gasteiger partial charge in [-0.3, -0.25) is 0 Å². The maximum absolute atomic E-state index is 6.23. The van der Waals surface area contributed by atoms with Gasteiger partial charge in [0.15, 0.2) is 0 Å². The van der Waals surface area contributed by atoms with Crippen molar-refractivity contribution in [2.75, 3.05) is 25.1 Å². The van der Waals surface area contributed by atoms with Crippen LogP contribution in [0.5, 0.6) is 5.75 Å². The Kier molecular flexibility index (Phi) is 7.77. The summed E-state index contributed by atoms with van der Waals surface area (Å²) in [6.45, 7) is 5.18. The van der Waals surface area contributed by atoms with E-state index in [0.717, 1.165) is 12.4 Å². The van der Waals surface area contributed by atoms with Gasteiger partial charge < -0.3 is 0 Å². The second-order valence-corrected chi connectivity index (χ2v) is 13.5. The number of aryl methyl sites for hydroxylation is 2. The van der Waals surface area contributed by atoms with Gasteiger partial charge in [-0.25, -0.2) is 0 Å². The van der Waals surface area contributed by atoms with E-state index in [-0.39, 0.29) is 0 Å². The van der Waals surface area contributed by atoms with Gasteiger partial charge in [-0.2, -0.15) is 0 Å². The number of benzene rings is 2. The Morgan fingerprint density at radius 3 is 2.07 bits per heavy atom. The molecule has 0 N–H and O–H groups in total. The van der Waals surface area contributed by atoms with Gasteiger partial charge in [0.25, 0.3) is 0 Å². The molecule has 27 heavy (non-hydrogen) atoms. The van der Waals surface area contributed by atoms with Gasteiger partial charge >= 0.3 is 167 Å². The van der Waals surface area contributed by atoms with Crippen molar-refractivity contribution < 1.29 is 4.74 Å². The number of rotatable bonds is 7. The van der Waals surface area contributed by atoms with Gasteiger partial charge in [-0.15, -0.1) is 0 Å². The molecule has 0 radical (unpaired) electrons. The molecule has 0 aliphatic carbocycles. The van der Waals surface area contributed by atoms with Gasteiger partial charge in [0.05, 0.1) is 0 Å². The van der Waals surface area contributed by atoms with Crippen molar-refractivity contribution in [3.8, 4) is 5.75 Å². The fourth-order valence-electron chi connectivity index (χ4n) is 4.85. The SMILES string of the molecule is Cc1cccc(C)c1OCCC[PH]1(Cc2ccccc2)CCCCCCC1. The quantitative estimate of drug-likeness (QED) is 0.369. The third kappa shape index (κ3) is 6.08. The molecule has 0 amide bonds. The molecular formula is C25H37OP. The first-order chi connectivity index (χ1) is 13.2. The van der Waals surface area contributed by atoms with Crippen LogP contribution in [-0.2, 0) is 6.16 Å². The van der Waals surface area contributed by atoms with Crippen LogP contribution in [0, 0.1) is 13.8 Å². The molecule has 3 rings (SSSR count). The third-order valence-electron chi connectivity index (χ3n) is 6.34. The van der Waals surface area contributed by atoms with Crippen molar-refractivity contribution >= 4 is 7.26 Å². The van der Waals surface area contributed by atoms with Crippen molar-refractivity contribution in [3.63, 3.8) is 0 Å². The number of para-hydroxylation sites is 1. The van der Waals surface area contributed by atoms with E-state index in [1.807, 2.05) is 0 Å². The molecule has 0 aromatic heterocycles. The molecule has 2 heteroatoms. The third-order valence-corrected chi connectivity index (χ3v) is 11.7. The predicted molar refractivity (Wildman–Crippen MR) is 122 cm³/mol. The Morgan fingerprint density at radius 1 is 0.778 bits per heavy atom. The van der Waals surface area contributed by atoms with Gasteiger partial charge in [0.2, 0.25) is 0 Å². The van der Waals surface area contributed by atoms with Gasteiger partial charge in [-0.1, -0.05) is 0 Å². The van der Waals surface area contributed by atoms with Crippen LogP contribution in [0.4, 0.5) is 0 Å². The zero-order chi connectivity index (χ0) is 19.0. The molecule has 0 unspecified atom stereocenters. The minimum absolute atomic E-state index is 0.870. The summed E-state index contributed by atoms with van der Waals surface area (Å²) in [5.41, 5.74) is 4.09. The standard InChI is InChI=1S/C25H37OP/c1-22-13-11-14-23(2)25(22)26-17-12-20-27(18-9-4-3-5-10-19-27)21-24-15-7-6-8-16-24/h6-8,11,13-16,27H,3-5,9-10,12,17-21H2,1-2H3. The molecule has 2 aromatic carbocycles. The van der Waals surface area contributed by atoms with Gasteiger partial charge in [0, 0.05) is 0 Å². The summed E-state index contributed by atoms with van der Waals surface area (Å²) in [5, 5.41) is 0. The summed E-state index contributed by atoms with van der Waals surface area (Å²) in [6, 6.07) is 17.7. The van der Waals surface area contributed by atoms with Crippen molar-refractivity contribution in [2.45, 2.75) is 58.5 Å². The summed E-state index contributed by atoms with van der Waals surface area (Å²) in [6.07, 6.45) is 14.3. The van der Waals surface area contributed by atoms with E-state index in [2.05, 4.69) is 62.4 Å². The molecule has 1 nitrogen and oxygen atoms in total. The van der Waals surface area contributed by atoms with Crippen molar-refractivity contribution in [1.29, 1.82) is 0 Å². The molecule has 0 spiro atoms. The fourth-order valence-corrected chi connectivity index (χ4v) is 10.1. The van der Waals surface area contributed by atoms with Crippen LogP contribution in [-0.4, -0.2) is 25.1 Å². The molecule has 1 fully saturated rings. The van der Waals surface area contributed by atoms with Crippen molar-refractivity contribution in [1.82, 2.24) is 0 Å². The molecule has 1 aliphatic heterocycles. The van der Waals surface area contributed by atoms with E-state index in [0.29, 0.717) is 0 Å². The minimum atomic E-state index is -1.25. The summed E-state index contributed by atoms with van der Waals surface area (Å²) in [4.78, 5) is 0. The topological polar surface area (TPSA) is 9.23 Å². The Labute approximate surface area is 166 Å². The molecule has 1 saturated heterocycles. The first-order valence-electron chi connectivity index (χ1n) is 10.9. The molecular weight excluding hydrogens is 347 g/mol. The van der Waals surface area contributed by atoms with Crippen LogP contribution in [0.25, 0.3) is 0 Å². The molecule has 2 aromatic rings. The Morgan fingerprint density at radius 2 is 1.41 bits per heavy atom. The van der Waals surface area contributed by atoms with E-state index < -0.39 is 7.26 Å². The van der Waals surface area contributed by atoms with Crippen LogP contribution in [0.15, 0.2) is 48.5 Å². The zero-order valence-electron chi connectivity index (χ0n) is 17.3. The van der Waals surface area contributed by atoms with E-state index >= 15 is 0 Å². The summed E-state index contributed by atoms with van der Waals surface area (Å²) in [5.74, 6) is 1.11. The molecule has 0 saturated carbocycles. The Bertz CT molecular complexity index is 666. The van der Waals surface area contributed by atoms with Gasteiger partial charge in [0.1, 0.15) is 0 Å². The van der Waals surface area contributed by atoms with E-state index in [9.17, 15) is 0 Å². The molecule has 1 aliphatic rings. The van der Waals surface area contributed by atoms with E-state index in [1.54, 1.807) is 5.56 Å². The normalized spacial score (nSPS) is 18.3. The maximum atomic E-state index is 6.23. The number of hydrogen-bond donors (Lipinski definition) is 0. The number of ether oxygens (including phenoxy) is 1. The summed E-state index contributed by atoms with van der Waals surface area (Å²) in [7, 11) is -1.25. The average Bonchev–Trinajstić information content (AvgIpc) is 2.65. The second-order valence-electron chi connectivity index (χ2n) is 8.60. The average molecular weight is 385 g/mol. The van der Waals surface area contributed by atoms with E-state index in [4.69, 9.17) is 4.74 Å². The number of hydrogen-bond acceptors (Lipinski definition) is 1.